The molecule has 1 amide bonds. The number of aromatic nitrogens is 2. The molecule has 0 atom stereocenters. The lowest BCUT2D eigenvalue weighted by Crippen LogP contribution is -2.33. The molecule has 1 fully saturated rings. The van der Waals surface area contributed by atoms with Gasteiger partial charge in [-0.2, -0.15) is 0 Å². The van der Waals surface area contributed by atoms with E-state index < -0.39 is 0 Å². The molecule has 0 unspecified atom stereocenters. The third kappa shape index (κ3) is 4.04. The minimum absolute atomic E-state index is 0.0330. The maximum absolute atomic E-state index is 12.5. The third-order valence-electron chi connectivity index (χ3n) is 4.78. The highest BCUT2D eigenvalue weighted by molar-refractivity contribution is 6.05. The van der Waals surface area contributed by atoms with Gasteiger partial charge in [0.05, 0.1) is 11.3 Å². The van der Waals surface area contributed by atoms with Gasteiger partial charge in [0.2, 0.25) is 0 Å². The molecular weight excluding hydrogens is 356 g/mol. The third-order valence-corrected chi connectivity index (χ3v) is 4.78. The van der Waals surface area contributed by atoms with E-state index in [0.29, 0.717) is 16.8 Å². The standard InChI is InChI=1S/C21H22N4O3/c1-14-13-25-11-8-16(12-19(25)23-14)20(26)24-17-4-2-15(3-5-17)21(27)28-18-6-9-22-10-7-18/h2-5,8,11-13,18,22H,6-7,9-10H2,1H3,(H,24,26). The lowest BCUT2D eigenvalue weighted by molar-refractivity contribution is 0.0229. The van der Waals surface area contributed by atoms with Crippen LogP contribution >= 0.6 is 0 Å². The number of fused-ring (bicyclic) bond motifs is 1. The zero-order chi connectivity index (χ0) is 19.5. The summed E-state index contributed by atoms with van der Waals surface area (Å²) in [7, 11) is 0. The highest BCUT2D eigenvalue weighted by atomic mass is 16.5. The SMILES string of the molecule is Cc1cn2ccc(C(=O)Nc3ccc(C(=O)OC4CCNCC4)cc3)cc2n1. The molecule has 2 aromatic heterocycles. The fourth-order valence-corrected chi connectivity index (χ4v) is 3.28. The smallest absolute Gasteiger partial charge is 0.338 e. The molecule has 0 radical (unpaired) electrons. The minimum Gasteiger partial charge on any atom is -0.459 e. The van der Waals surface area contributed by atoms with Gasteiger partial charge in [0.15, 0.2) is 0 Å². The van der Waals surface area contributed by atoms with Crippen molar-refractivity contribution in [2.75, 3.05) is 18.4 Å². The van der Waals surface area contributed by atoms with Crippen molar-refractivity contribution in [1.29, 1.82) is 0 Å². The number of amides is 1. The molecule has 0 aliphatic carbocycles. The van der Waals surface area contributed by atoms with Crippen molar-refractivity contribution in [2.24, 2.45) is 0 Å². The van der Waals surface area contributed by atoms with Gasteiger partial charge >= 0.3 is 5.97 Å². The number of piperidine rings is 1. The predicted molar refractivity (Wildman–Crippen MR) is 106 cm³/mol. The van der Waals surface area contributed by atoms with Gasteiger partial charge in [-0.15, -0.1) is 0 Å². The van der Waals surface area contributed by atoms with Crippen molar-refractivity contribution in [3.8, 4) is 0 Å². The van der Waals surface area contributed by atoms with Gasteiger partial charge < -0.3 is 19.8 Å². The Morgan fingerprint density at radius 3 is 2.64 bits per heavy atom. The zero-order valence-corrected chi connectivity index (χ0v) is 15.6. The number of esters is 1. The first-order valence-electron chi connectivity index (χ1n) is 9.37. The molecule has 7 heteroatoms. The van der Waals surface area contributed by atoms with Gasteiger partial charge in [0, 0.05) is 23.6 Å². The van der Waals surface area contributed by atoms with Crippen LogP contribution in [0.2, 0.25) is 0 Å². The lowest BCUT2D eigenvalue weighted by Gasteiger charge is -2.22. The second kappa shape index (κ2) is 7.82. The Kier molecular flexibility index (Phi) is 5.08. The summed E-state index contributed by atoms with van der Waals surface area (Å²) in [6.45, 7) is 3.64. The molecule has 2 N–H and O–H groups in total. The van der Waals surface area contributed by atoms with E-state index in [2.05, 4.69) is 15.6 Å². The van der Waals surface area contributed by atoms with Crippen LogP contribution in [0.1, 0.15) is 39.3 Å². The maximum Gasteiger partial charge on any atom is 0.338 e. The number of carbonyl (C=O) groups excluding carboxylic acids is 2. The van der Waals surface area contributed by atoms with E-state index >= 15 is 0 Å². The van der Waals surface area contributed by atoms with Crippen LogP contribution in [0.15, 0.2) is 48.8 Å². The van der Waals surface area contributed by atoms with Gasteiger partial charge in [-0.3, -0.25) is 4.79 Å². The number of ether oxygens (including phenoxy) is 1. The van der Waals surface area contributed by atoms with E-state index in [-0.39, 0.29) is 18.0 Å². The van der Waals surface area contributed by atoms with Gasteiger partial charge in [0.1, 0.15) is 11.8 Å². The molecule has 0 spiro atoms. The number of aryl methyl sites for hydroxylation is 1. The van der Waals surface area contributed by atoms with Crippen molar-refractivity contribution in [2.45, 2.75) is 25.9 Å². The van der Waals surface area contributed by atoms with Gasteiger partial charge in [0.25, 0.3) is 5.91 Å². The summed E-state index contributed by atoms with van der Waals surface area (Å²) < 4.78 is 7.40. The van der Waals surface area contributed by atoms with Crippen LogP contribution in [0.25, 0.3) is 5.65 Å². The molecule has 0 saturated carbocycles. The van der Waals surface area contributed by atoms with E-state index in [1.165, 1.54) is 0 Å². The van der Waals surface area contributed by atoms with Crippen LogP contribution in [-0.2, 0) is 4.74 Å². The maximum atomic E-state index is 12.5. The molecule has 1 saturated heterocycles. The summed E-state index contributed by atoms with van der Waals surface area (Å²) in [4.78, 5) is 29.1. The number of rotatable bonds is 4. The highest BCUT2D eigenvalue weighted by Gasteiger charge is 2.18. The summed E-state index contributed by atoms with van der Waals surface area (Å²) >= 11 is 0. The van der Waals surface area contributed by atoms with Crippen LogP contribution in [0.5, 0.6) is 0 Å². The van der Waals surface area contributed by atoms with E-state index in [0.717, 1.165) is 37.3 Å². The topological polar surface area (TPSA) is 84.7 Å². The second-order valence-corrected chi connectivity index (χ2v) is 6.95. The quantitative estimate of drug-likeness (QED) is 0.682. The first kappa shape index (κ1) is 18.2. The van der Waals surface area contributed by atoms with Gasteiger partial charge in [-0.1, -0.05) is 0 Å². The Hall–Kier alpha value is -3.19. The van der Waals surface area contributed by atoms with Crippen molar-refractivity contribution < 1.29 is 14.3 Å². The molecule has 7 nitrogen and oxygen atoms in total. The molecule has 28 heavy (non-hydrogen) atoms. The summed E-state index contributed by atoms with van der Waals surface area (Å²) in [6.07, 6.45) is 5.35. The Morgan fingerprint density at radius 1 is 1.14 bits per heavy atom. The molecule has 4 rings (SSSR count). The predicted octanol–water partition coefficient (Wildman–Crippen LogP) is 2.80. The van der Waals surface area contributed by atoms with E-state index in [1.54, 1.807) is 36.4 Å². The zero-order valence-electron chi connectivity index (χ0n) is 15.6. The van der Waals surface area contributed by atoms with Crippen molar-refractivity contribution in [3.05, 3.63) is 65.6 Å². The highest BCUT2D eigenvalue weighted by Crippen LogP contribution is 2.16. The van der Waals surface area contributed by atoms with Crippen LogP contribution in [0.4, 0.5) is 5.69 Å². The Balaban J connectivity index is 1.40. The summed E-state index contributed by atoms with van der Waals surface area (Å²) in [5.41, 5.74) is 3.23. The Bertz CT molecular complexity index is 1000. The molecule has 1 aliphatic rings. The van der Waals surface area contributed by atoms with Crippen LogP contribution in [0, 0.1) is 6.92 Å². The number of nitrogens with zero attached hydrogens (tertiary/aromatic N) is 2. The molecule has 0 bridgehead atoms. The van der Waals surface area contributed by atoms with Crippen molar-refractivity contribution in [1.82, 2.24) is 14.7 Å². The van der Waals surface area contributed by atoms with E-state index in [1.807, 2.05) is 23.7 Å². The molecule has 3 heterocycles. The number of benzene rings is 1. The molecular formula is C21H22N4O3. The monoisotopic (exact) mass is 378 g/mol. The Labute approximate surface area is 162 Å². The average Bonchev–Trinajstić information content (AvgIpc) is 3.08. The van der Waals surface area contributed by atoms with E-state index in [9.17, 15) is 9.59 Å². The summed E-state index contributed by atoms with van der Waals surface area (Å²) in [6, 6.07) is 10.2. The number of pyridine rings is 1. The number of carbonyl (C=O) groups is 2. The van der Waals surface area contributed by atoms with Crippen molar-refractivity contribution >= 4 is 23.2 Å². The molecule has 1 aromatic carbocycles. The average molecular weight is 378 g/mol. The second-order valence-electron chi connectivity index (χ2n) is 6.95. The number of hydrogen-bond donors (Lipinski definition) is 2. The van der Waals surface area contributed by atoms with Crippen LogP contribution in [0.3, 0.4) is 0 Å². The number of imidazole rings is 1. The molecule has 3 aromatic rings. The first-order valence-corrected chi connectivity index (χ1v) is 9.37. The Morgan fingerprint density at radius 2 is 1.89 bits per heavy atom. The van der Waals surface area contributed by atoms with E-state index in [4.69, 9.17) is 4.74 Å². The largest absolute Gasteiger partial charge is 0.459 e. The fourth-order valence-electron chi connectivity index (χ4n) is 3.28. The summed E-state index contributed by atoms with van der Waals surface area (Å²) in [5.74, 6) is -0.557. The minimum atomic E-state index is -0.329. The van der Waals surface area contributed by atoms with Gasteiger partial charge in [-0.25, -0.2) is 9.78 Å². The normalized spacial score (nSPS) is 14.8. The van der Waals surface area contributed by atoms with Crippen molar-refractivity contribution in [3.63, 3.8) is 0 Å². The lowest BCUT2D eigenvalue weighted by atomic mass is 10.1. The number of anilines is 1. The fraction of sp³-hybridized carbons (Fsp3) is 0.286. The molecule has 144 valence electrons. The van der Waals surface area contributed by atoms with Gasteiger partial charge in [-0.05, 0) is 69.3 Å². The number of hydrogen-bond acceptors (Lipinski definition) is 5. The molecule has 1 aliphatic heterocycles. The summed E-state index contributed by atoms with van der Waals surface area (Å²) in [5, 5.41) is 6.08. The first-order chi connectivity index (χ1) is 13.6. The van der Waals surface area contributed by atoms with Crippen LogP contribution in [-0.4, -0.2) is 40.5 Å². The van der Waals surface area contributed by atoms with Crippen LogP contribution < -0.4 is 10.6 Å². The number of nitrogens with one attached hydrogen (secondary N) is 2.